The lowest BCUT2D eigenvalue weighted by molar-refractivity contribution is 0.0195. The first-order valence-electron chi connectivity index (χ1n) is 10.3. The van der Waals surface area contributed by atoms with E-state index in [1.807, 2.05) is 58.0 Å². The first-order valence-corrected chi connectivity index (χ1v) is 10.3. The average Bonchev–Trinajstić information content (AvgIpc) is 2.72. The number of ether oxygens (including phenoxy) is 1. The average molecular weight is 413 g/mol. The number of nitrogens with zero attached hydrogens (tertiary/aromatic N) is 1. The van der Waals surface area contributed by atoms with Gasteiger partial charge in [0.25, 0.3) is 5.91 Å². The fourth-order valence-electron chi connectivity index (χ4n) is 3.38. The molecule has 0 spiro atoms. The van der Waals surface area contributed by atoms with Gasteiger partial charge in [-0.1, -0.05) is 36.4 Å². The van der Waals surface area contributed by atoms with E-state index < -0.39 is 18.1 Å². The second kappa shape index (κ2) is 10.9. The first kappa shape index (κ1) is 23.6. The minimum absolute atomic E-state index is 0.0364. The zero-order valence-electron chi connectivity index (χ0n) is 18.1. The second-order valence-corrected chi connectivity index (χ2v) is 8.00. The van der Waals surface area contributed by atoms with Crippen LogP contribution in [0.4, 0.5) is 0 Å². The summed E-state index contributed by atoms with van der Waals surface area (Å²) in [5.74, 6) is -0.740. The van der Waals surface area contributed by atoms with E-state index in [1.54, 1.807) is 23.1 Å². The van der Waals surface area contributed by atoms with Crippen LogP contribution >= 0.6 is 0 Å². The lowest BCUT2D eigenvalue weighted by Crippen LogP contribution is -2.42. The Hall–Kier alpha value is -2.70. The van der Waals surface area contributed by atoms with E-state index in [0.717, 1.165) is 5.56 Å². The van der Waals surface area contributed by atoms with E-state index >= 15 is 0 Å². The lowest BCUT2D eigenvalue weighted by Gasteiger charge is -2.31. The van der Waals surface area contributed by atoms with Crippen LogP contribution in [0.25, 0.3) is 0 Å². The molecule has 0 bridgehead atoms. The van der Waals surface area contributed by atoms with Crippen LogP contribution in [0.2, 0.25) is 0 Å². The van der Waals surface area contributed by atoms with Crippen molar-refractivity contribution in [2.75, 3.05) is 6.61 Å². The molecule has 0 aliphatic carbocycles. The molecule has 0 saturated heterocycles. The van der Waals surface area contributed by atoms with Gasteiger partial charge in [0.2, 0.25) is 0 Å². The van der Waals surface area contributed by atoms with Gasteiger partial charge in [-0.15, -0.1) is 0 Å². The standard InChI is InChI=1S/C24H32N2O4/c1-16(2)26(17(3)4)23(28)19-11-8-12-20(14-19)24(29)30-15-22(27)21(25)13-18-9-6-5-7-10-18/h5-12,14,16-17,21-22,27H,13,15,25H2,1-4H3/t21-,22-/m0/s1. The van der Waals surface area contributed by atoms with Gasteiger partial charge in [0.05, 0.1) is 5.56 Å². The largest absolute Gasteiger partial charge is 0.459 e. The maximum Gasteiger partial charge on any atom is 0.338 e. The van der Waals surface area contributed by atoms with Crippen LogP contribution in [-0.4, -0.2) is 52.7 Å². The number of hydrogen-bond donors (Lipinski definition) is 2. The third-order valence-electron chi connectivity index (χ3n) is 4.89. The molecular weight excluding hydrogens is 380 g/mol. The molecule has 1 amide bonds. The maximum absolute atomic E-state index is 12.8. The maximum atomic E-state index is 12.8. The Labute approximate surface area is 178 Å². The summed E-state index contributed by atoms with van der Waals surface area (Å²) < 4.78 is 5.24. The van der Waals surface area contributed by atoms with E-state index in [2.05, 4.69) is 0 Å². The molecule has 30 heavy (non-hydrogen) atoms. The molecule has 0 heterocycles. The number of esters is 1. The summed E-state index contributed by atoms with van der Waals surface area (Å²) in [6, 6.07) is 15.5. The highest BCUT2D eigenvalue weighted by atomic mass is 16.5. The topological polar surface area (TPSA) is 92.9 Å². The molecule has 0 fully saturated rings. The summed E-state index contributed by atoms with van der Waals surface area (Å²) >= 11 is 0. The van der Waals surface area contributed by atoms with Crippen molar-refractivity contribution in [2.45, 2.75) is 58.3 Å². The molecule has 0 aliphatic heterocycles. The molecule has 0 aromatic heterocycles. The van der Waals surface area contributed by atoms with Crippen molar-refractivity contribution in [1.29, 1.82) is 0 Å². The summed E-state index contributed by atoms with van der Waals surface area (Å²) in [4.78, 5) is 27.1. The molecule has 2 rings (SSSR count). The molecule has 0 saturated carbocycles. The van der Waals surface area contributed by atoms with Gasteiger partial charge in [-0.05, 0) is 57.9 Å². The van der Waals surface area contributed by atoms with E-state index in [-0.39, 0.29) is 30.2 Å². The molecule has 2 aromatic rings. The number of carbonyl (C=O) groups is 2. The molecule has 2 atom stereocenters. The molecule has 6 nitrogen and oxygen atoms in total. The van der Waals surface area contributed by atoms with Crippen LogP contribution in [0.3, 0.4) is 0 Å². The van der Waals surface area contributed by atoms with Crippen molar-refractivity contribution < 1.29 is 19.4 Å². The summed E-state index contributed by atoms with van der Waals surface area (Å²) in [6.45, 7) is 7.60. The Bertz CT molecular complexity index is 828. The number of amides is 1. The lowest BCUT2D eigenvalue weighted by atomic mass is 10.0. The number of hydrogen-bond acceptors (Lipinski definition) is 5. The molecule has 0 aliphatic rings. The number of carbonyl (C=O) groups excluding carboxylic acids is 2. The van der Waals surface area contributed by atoms with Crippen molar-refractivity contribution in [3.8, 4) is 0 Å². The van der Waals surface area contributed by atoms with Crippen molar-refractivity contribution in [3.05, 3.63) is 71.3 Å². The predicted octanol–water partition coefficient (Wildman–Crippen LogP) is 3.03. The Morgan fingerprint density at radius 2 is 1.57 bits per heavy atom. The van der Waals surface area contributed by atoms with Crippen molar-refractivity contribution in [2.24, 2.45) is 5.73 Å². The number of aliphatic hydroxyl groups is 1. The molecule has 3 N–H and O–H groups in total. The minimum Gasteiger partial charge on any atom is -0.459 e. The fraction of sp³-hybridized carbons (Fsp3) is 0.417. The van der Waals surface area contributed by atoms with Gasteiger partial charge in [0.15, 0.2) is 0 Å². The van der Waals surface area contributed by atoms with Gasteiger partial charge in [-0.3, -0.25) is 4.79 Å². The van der Waals surface area contributed by atoms with Crippen LogP contribution in [-0.2, 0) is 11.2 Å². The highest BCUT2D eigenvalue weighted by Gasteiger charge is 2.23. The van der Waals surface area contributed by atoms with Crippen LogP contribution < -0.4 is 5.73 Å². The smallest absolute Gasteiger partial charge is 0.338 e. The predicted molar refractivity (Wildman–Crippen MR) is 117 cm³/mol. The van der Waals surface area contributed by atoms with E-state index in [0.29, 0.717) is 12.0 Å². The number of rotatable bonds is 9. The minimum atomic E-state index is -0.989. The third-order valence-corrected chi connectivity index (χ3v) is 4.89. The van der Waals surface area contributed by atoms with Gasteiger partial charge < -0.3 is 20.5 Å². The van der Waals surface area contributed by atoms with Gasteiger partial charge in [0.1, 0.15) is 12.7 Å². The van der Waals surface area contributed by atoms with Crippen molar-refractivity contribution >= 4 is 11.9 Å². The highest BCUT2D eigenvalue weighted by molar-refractivity contribution is 5.98. The molecule has 0 radical (unpaired) electrons. The monoisotopic (exact) mass is 412 g/mol. The Morgan fingerprint density at radius 3 is 2.17 bits per heavy atom. The van der Waals surface area contributed by atoms with Crippen LogP contribution in [0, 0.1) is 0 Å². The second-order valence-electron chi connectivity index (χ2n) is 8.00. The van der Waals surface area contributed by atoms with Gasteiger partial charge in [-0.25, -0.2) is 4.79 Å². The van der Waals surface area contributed by atoms with Gasteiger partial charge in [-0.2, -0.15) is 0 Å². The summed E-state index contributed by atoms with van der Waals surface area (Å²) in [6.07, 6.45) is -0.514. The van der Waals surface area contributed by atoms with Gasteiger partial charge >= 0.3 is 5.97 Å². The van der Waals surface area contributed by atoms with Crippen LogP contribution in [0.1, 0.15) is 54.0 Å². The fourth-order valence-corrected chi connectivity index (χ4v) is 3.38. The van der Waals surface area contributed by atoms with Gasteiger partial charge in [0, 0.05) is 23.7 Å². The molecule has 2 aromatic carbocycles. The highest BCUT2D eigenvalue weighted by Crippen LogP contribution is 2.15. The van der Waals surface area contributed by atoms with E-state index in [4.69, 9.17) is 10.5 Å². The third kappa shape index (κ3) is 6.40. The molecule has 162 valence electrons. The molecular formula is C24H32N2O4. The quantitative estimate of drug-likeness (QED) is 0.618. The normalized spacial score (nSPS) is 13.2. The zero-order chi connectivity index (χ0) is 22.3. The van der Waals surface area contributed by atoms with E-state index in [1.165, 1.54) is 6.07 Å². The molecule has 0 unspecified atom stereocenters. The van der Waals surface area contributed by atoms with Crippen molar-refractivity contribution in [1.82, 2.24) is 4.90 Å². The number of nitrogens with two attached hydrogens (primary N) is 1. The van der Waals surface area contributed by atoms with Crippen LogP contribution in [0.5, 0.6) is 0 Å². The molecule has 6 heteroatoms. The summed E-state index contributed by atoms with van der Waals surface area (Å²) in [7, 11) is 0. The Morgan fingerprint density at radius 1 is 0.967 bits per heavy atom. The summed E-state index contributed by atoms with van der Waals surface area (Å²) in [5.41, 5.74) is 7.72. The number of benzene rings is 2. The Balaban J connectivity index is 1.98. The zero-order valence-corrected chi connectivity index (χ0v) is 18.1. The van der Waals surface area contributed by atoms with E-state index in [9.17, 15) is 14.7 Å². The number of aliphatic hydroxyl groups excluding tert-OH is 1. The Kier molecular flexibility index (Phi) is 8.57. The summed E-state index contributed by atoms with van der Waals surface area (Å²) in [5, 5.41) is 10.2. The SMILES string of the molecule is CC(C)N(C(=O)c1cccc(C(=O)OC[C@H](O)[C@@H](N)Cc2ccccc2)c1)C(C)C. The first-order chi connectivity index (χ1) is 14.2. The van der Waals surface area contributed by atoms with Crippen LogP contribution in [0.15, 0.2) is 54.6 Å². The van der Waals surface area contributed by atoms with Crippen molar-refractivity contribution in [3.63, 3.8) is 0 Å².